The molecule has 18 heavy (non-hydrogen) atoms. The molecule has 0 aromatic carbocycles. The second-order valence-corrected chi connectivity index (χ2v) is 4.66. The van der Waals surface area contributed by atoms with Crippen molar-refractivity contribution in [3.05, 3.63) is 17.3 Å². The van der Waals surface area contributed by atoms with E-state index in [0.29, 0.717) is 15.8 Å². The summed E-state index contributed by atoms with van der Waals surface area (Å²) in [5.41, 5.74) is 1.15. The van der Waals surface area contributed by atoms with Gasteiger partial charge in [0.25, 0.3) is 0 Å². The fourth-order valence-corrected chi connectivity index (χ4v) is 2.33. The Bertz CT molecular complexity index is 639. The van der Waals surface area contributed by atoms with E-state index in [1.165, 1.54) is 12.7 Å². The van der Waals surface area contributed by atoms with Crippen LogP contribution in [-0.4, -0.2) is 48.0 Å². The van der Waals surface area contributed by atoms with Gasteiger partial charge in [0.2, 0.25) is 0 Å². The summed E-state index contributed by atoms with van der Waals surface area (Å²) in [6.45, 7) is 1.71. The largest absolute Gasteiger partial charge is 0.388 e. The molecule has 1 aliphatic heterocycles. The van der Waals surface area contributed by atoms with Crippen molar-refractivity contribution in [3.63, 3.8) is 0 Å². The van der Waals surface area contributed by atoms with Crippen LogP contribution in [0.4, 0.5) is 0 Å². The Balaban J connectivity index is 2.11. The molecule has 1 saturated heterocycles. The van der Waals surface area contributed by atoms with Gasteiger partial charge in [0.15, 0.2) is 10.9 Å². The molecule has 0 bridgehead atoms. The van der Waals surface area contributed by atoms with Crippen LogP contribution >= 0.6 is 12.2 Å². The number of aliphatic hydroxyl groups excluding tert-OH is 2. The molecule has 7 nitrogen and oxygen atoms in total. The smallest absolute Gasteiger partial charge is 0.165 e. The Morgan fingerprint density at radius 1 is 1.39 bits per heavy atom. The summed E-state index contributed by atoms with van der Waals surface area (Å²) in [4.78, 5) is 11.0. The summed E-state index contributed by atoms with van der Waals surface area (Å²) in [7, 11) is 0. The van der Waals surface area contributed by atoms with Crippen molar-refractivity contribution >= 4 is 23.4 Å². The topological polar surface area (TPSA) is 96.2 Å². The molecule has 0 aliphatic carbocycles. The van der Waals surface area contributed by atoms with Crippen LogP contribution in [0.3, 0.4) is 0 Å². The molecule has 1 fully saturated rings. The van der Waals surface area contributed by atoms with E-state index in [1.54, 1.807) is 11.5 Å². The Hall–Kier alpha value is -1.35. The fraction of sp³-hybridized carbons (Fsp3) is 0.500. The number of rotatable bonds is 1. The lowest BCUT2D eigenvalue weighted by Crippen LogP contribution is -2.30. The van der Waals surface area contributed by atoms with E-state index in [2.05, 4.69) is 15.0 Å². The minimum Gasteiger partial charge on any atom is -0.388 e. The quantitative estimate of drug-likeness (QED) is 0.636. The maximum Gasteiger partial charge on any atom is 0.165 e. The predicted octanol–water partition coefficient (Wildman–Crippen LogP) is 0.128. The number of hydrogen-bond acceptors (Lipinski definition) is 6. The summed E-state index contributed by atoms with van der Waals surface area (Å²) < 4.78 is 7.52. The zero-order valence-corrected chi connectivity index (χ0v) is 10.3. The summed E-state index contributed by atoms with van der Waals surface area (Å²) in [5, 5.41) is 19.7. The lowest BCUT2D eigenvalue weighted by Gasteiger charge is -2.16. The number of aromatic amines is 1. The summed E-state index contributed by atoms with van der Waals surface area (Å²) >= 11 is 5.06. The lowest BCUT2D eigenvalue weighted by atomic mass is 10.1. The number of aromatic nitrogens is 4. The number of ether oxygens (including phenoxy) is 1. The highest BCUT2D eigenvalue weighted by molar-refractivity contribution is 7.71. The number of nitrogens with one attached hydrogen (secondary N) is 1. The van der Waals surface area contributed by atoms with Crippen molar-refractivity contribution in [1.29, 1.82) is 0 Å². The van der Waals surface area contributed by atoms with Crippen LogP contribution in [0, 0.1) is 4.64 Å². The standard InChI is InChI=1S/C10H12N4O3S/c1-4-6(15)7(16)10(17-4)14-3-13-5-8(14)11-2-12-9(5)18/h2-4,6-7,10,15-16H,1H3,(H,11,12,18)/t4-,6-,7-,10?/m1/s1. The summed E-state index contributed by atoms with van der Waals surface area (Å²) in [6.07, 6.45) is -0.0773. The second-order valence-electron chi connectivity index (χ2n) is 4.27. The van der Waals surface area contributed by atoms with Gasteiger partial charge in [-0.1, -0.05) is 12.2 Å². The number of nitrogens with zero attached hydrogens (tertiary/aromatic N) is 3. The van der Waals surface area contributed by atoms with Crippen LogP contribution in [0.15, 0.2) is 12.7 Å². The number of hydrogen-bond donors (Lipinski definition) is 3. The Morgan fingerprint density at radius 3 is 2.83 bits per heavy atom. The molecule has 1 aliphatic rings. The highest BCUT2D eigenvalue weighted by Gasteiger charge is 2.41. The van der Waals surface area contributed by atoms with Crippen molar-refractivity contribution < 1.29 is 14.9 Å². The minimum absolute atomic E-state index is 0.378. The van der Waals surface area contributed by atoms with Crippen LogP contribution in [0.1, 0.15) is 13.2 Å². The molecule has 3 heterocycles. The summed E-state index contributed by atoms with van der Waals surface area (Å²) in [5.74, 6) is 0. The normalized spacial score (nSPS) is 32.2. The molecule has 2 aromatic rings. The SMILES string of the molecule is C[C@H]1OC(n2cnc3c(=S)nc[nH]c32)[C@H](O)[C@@H]1O. The van der Waals surface area contributed by atoms with E-state index < -0.39 is 24.5 Å². The first-order valence-corrected chi connectivity index (χ1v) is 5.92. The molecule has 0 amide bonds. The Labute approximate surface area is 107 Å². The van der Waals surface area contributed by atoms with Crippen LogP contribution < -0.4 is 0 Å². The van der Waals surface area contributed by atoms with Crippen LogP contribution in [0.5, 0.6) is 0 Å². The first-order valence-electron chi connectivity index (χ1n) is 5.51. The average Bonchev–Trinajstić information content (AvgIpc) is 2.88. The molecular formula is C10H12N4O3S. The molecule has 0 saturated carbocycles. The maximum absolute atomic E-state index is 9.95. The third-order valence-corrected chi connectivity index (χ3v) is 3.43. The number of H-pyrrole nitrogens is 1. The van der Waals surface area contributed by atoms with Crippen LogP contribution in [0.25, 0.3) is 11.2 Å². The highest BCUT2D eigenvalue weighted by Crippen LogP contribution is 2.30. The Morgan fingerprint density at radius 2 is 2.17 bits per heavy atom. The van der Waals surface area contributed by atoms with Crippen molar-refractivity contribution in [2.45, 2.75) is 31.5 Å². The van der Waals surface area contributed by atoms with Gasteiger partial charge in [-0.05, 0) is 6.92 Å². The average molecular weight is 268 g/mol. The van der Waals surface area contributed by atoms with Gasteiger partial charge in [-0.15, -0.1) is 0 Å². The Kier molecular flexibility index (Phi) is 2.67. The fourth-order valence-electron chi connectivity index (χ4n) is 2.12. The first-order chi connectivity index (χ1) is 8.59. The van der Waals surface area contributed by atoms with Crippen molar-refractivity contribution in [2.24, 2.45) is 0 Å². The molecule has 0 spiro atoms. The van der Waals surface area contributed by atoms with Gasteiger partial charge in [-0.25, -0.2) is 9.97 Å². The summed E-state index contributed by atoms with van der Waals surface area (Å²) in [6, 6.07) is 0. The van der Waals surface area contributed by atoms with Gasteiger partial charge in [0.05, 0.1) is 18.8 Å². The van der Waals surface area contributed by atoms with E-state index in [1.807, 2.05) is 0 Å². The molecule has 4 atom stereocenters. The van der Waals surface area contributed by atoms with Gasteiger partial charge < -0.3 is 19.9 Å². The zero-order chi connectivity index (χ0) is 12.9. The van der Waals surface area contributed by atoms with Crippen LogP contribution in [0.2, 0.25) is 0 Å². The van der Waals surface area contributed by atoms with Gasteiger partial charge in [-0.2, -0.15) is 0 Å². The molecule has 3 N–H and O–H groups in total. The molecule has 8 heteroatoms. The van der Waals surface area contributed by atoms with Gasteiger partial charge in [-0.3, -0.25) is 4.57 Å². The van der Waals surface area contributed by atoms with E-state index >= 15 is 0 Å². The van der Waals surface area contributed by atoms with Crippen molar-refractivity contribution in [3.8, 4) is 0 Å². The lowest BCUT2D eigenvalue weighted by molar-refractivity contribution is -0.0299. The molecule has 3 rings (SSSR count). The van der Waals surface area contributed by atoms with E-state index in [4.69, 9.17) is 17.0 Å². The second kappa shape index (κ2) is 4.09. The molecule has 96 valence electrons. The van der Waals surface area contributed by atoms with Gasteiger partial charge in [0, 0.05) is 0 Å². The first kappa shape index (κ1) is 11.7. The van der Waals surface area contributed by atoms with Gasteiger partial charge in [0.1, 0.15) is 23.4 Å². The minimum atomic E-state index is -1.01. The molecule has 2 aromatic heterocycles. The third kappa shape index (κ3) is 1.57. The van der Waals surface area contributed by atoms with E-state index in [-0.39, 0.29) is 0 Å². The number of aliphatic hydroxyl groups is 2. The molecular weight excluding hydrogens is 256 g/mol. The zero-order valence-electron chi connectivity index (χ0n) is 9.52. The maximum atomic E-state index is 9.95. The van der Waals surface area contributed by atoms with E-state index in [9.17, 15) is 10.2 Å². The van der Waals surface area contributed by atoms with Crippen LogP contribution in [-0.2, 0) is 4.74 Å². The predicted molar refractivity (Wildman–Crippen MR) is 64.3 cm³/mol. The number of imidazole rings is 1. The number of fused-ring (bicyclic) bond motifs is 1. The van der Waals surface area contributed by atoms with Gasteiger partial charge >= 0.3 is 0 Å². The molecule has 1 unspecified atom stereocenters. The monoisotopic (exact) mass is 268 g/mol. The highest BCUT2D eigenvalue weighted by atomic mass is 32.1. The molecule has 0 radical (unpaired) electrons. The van der Waals surface area contributed by atoms with Crippen molar-refractivity contribution in [2.75, 3.05) is 0 Å². The third-order valence-electron chi connectivity index (χ3n) is 3.13. The van der Waals surface area contributed by atoms with E-state index in [0.717, 1.165) is 0 Å². The van der Waals surface area contributed by atoms with Crippen molar-refractivity contribution in [1.82, 2.24) is 19.5 Å².